The largest absolute Gasteiger partial charge is 0.371 e. The summed E-state index contributed by atoms with van der Waals surface area (Å²) in [6, 6.07) is 0. The maximum atomic E-state index is 11.8. The Morgan fingerprint density at radius 1 is 1.11 bits per heavy atom. The van der Waals surface area contributed by atoms with Crippen LogP contribution in [0.3, 0.4) is 0 Å². The van der Waals surface area contributed by atoms with E-state index in [4.69, 9.17) is 12.2 Å². The van der Waals surface area contributed by atoms with Gasteiger partial charge in [0.25, 0.3) is 0 Å². The van der Waals surface area contributed by atoms with Crippen molar-refractivity contribution in [3.05, 3.63) is 14.7 Å². The van der Waals surface area contributed by atoms with Gasteiger partial charge in [-0.05, 0) is 18.8 Å². The lowest BCUT2D eigenvalue weighted by molar-refractivity contribution is 0.381. The molecule has 0 aliphatic carbocycles. The Kier molecular flexibility index (Phi) is 4.54. The second kappa shape index (κ2) is 5.39. The van der Waals surface area contributed by atoms with E-state index in [2.05, 4.69) is 25.7 Å². The van der Waals surface area contributed by atoms with E-state index in [0.717, 1.165) is 30.9 Å². The zero-order valence-corrected chi connectivity index (χ0v) is 13.1. The van der Waals surface area contributed by atoms with Gasteiger partial charge in [0, 0.05) is 27.2 Å². The monoisotopic (exact) mass is 268 g/mol. The van der Waals surface area contributed by atoms with Crippen LogP contribution in [0.5, 0.6) is 0 Å². The minimum Gasteiger partial charge on any atom is -0.371 e. The van der Waals surface area contributed by atoms with Crippen molar-refractivity contribution in [1.29, 1.82) is 0 Å². The van der Waals surface area contributed by atoms with Gasteiger partial charge in [0.15, 0.2) is 0 Å². The summed E-state index contributed by atoms with van der Waals surface area (Å²) in [6.07, 6.45) is 1.08. The van der Waals surface area contributed by atoms with E-state index in [0.29, 0.717) is 9.93 Å². The molecule has 0 aliphatic heterocycles. The van der Waals surface area contributed by atoms with Crippen molar-refractivity contribution in [2.45, 2.75) is 34.1 Å². The average Bonchev–Trinajstić information content (AvgIpc) is 2.29. The SMILES string of the molecule is CCN(C)c1c(N(C)CCC(C)(C)C)c(=S)c1=O. The van der Waals surface area contributed by atoms with Crippen molar-refractivity contribution in [1.82, 2.24) is 0 Å². The molecule has 18 heavy (non-hydrogen) atoms. The fraction of sp³-hybridized carbons (Fsp3) is 0.714. The van der Waals surface area contributed by atoms with Crippen molar-refractivity contribution < 1.29 is 0 Å². The number of hydrogen-bond acceptors (Lipinski definition) is 4. The van der Waals surface area contributed by atoms with Gasteiger partial charge in [-0.3, -0.25) is 4.79 Å². The predicted octanol–water partition coefficient (Wildman–Crippen LogP) is 2.98. The lowest BCUT2D eigenvalue weighted by atomic mass is 9.92. The molecule has 1 aromatic carbocycles. The average molecular weight is 268 g/mol. The van der Waals surface area contributed by atoms with Gasteiger partial charge < -0.3 is 9.80 Å². The van der Waals surface area contributed by atoms with Gasteiger partial charge in [-0.2, -0.15) is 0 Å². The van der Waals surface area contributed by atoms with Crippen LogP contribution in [0.25, 0.3) is 0 Å². The van der Waals surface area contributed by atoms with Gasteiger partial charge in [-0.25, -0.2) is 0 Å². The molecule has 0 radical (unpaired) electrons. The third-order valence-electron chi connectivity index (χ3n) is 3.30. The second-order valence-electron chi connectivity index (χ2n) is 6.10. The molecule has 0 fully saturated rings. The first-order valence-corrected chi connectivity index (χ1v) is 6.85. The minimum absolute atomic E-state index is 0.0203. The van der Waals surface area contributed by atoms with Crippen molar-refractivity contribution in [3.63, 3.8) is 0 Å². The zero-order chi connectivity index (χ0) is 14.1. The molecule has 0 heterocycles. The highest BCUT2D eigenvalue weighted by Gasteiger charge is 2.24. The molecule has 0 unspecified atom stereocenters. The summed E-state index contributed by atoms with van der Waals surface area (Å²) in [5, 5.41) is 0. The lowest BCUT2D eigenvalue weighted by Crippen LogP contribution is -2.34. The summed E-state index contributed by atoms with van der Waals surface area (Å²) in [4.78, 5) is 15.9. The molecule has 0 amide bonds. The zero-order valence-electron chi connectivity index (χ0n) is 12.3. The quantitative estimate of drug-likeness (QED) is 0.766. The topological polar surface area (TPSA) is 23.6 Å². The molecule has 0 saturated heterocycles. The Morgan fingerprint density at radius 3 is 2.11 bits per heavy atom. The van der Waals surface area contributed by atoms with Crippen molar-refractivity contribution in [2.24, 2.45) is 5.41 Å². The first-order chi connectivity index (χ1) is 8.19. The maximum Gasteiger partial charge on any atom is 0.224 e. The summed E-state index contributed by atoms with van der Waals surface area (Å²) >= 11 is 5.18. The Morgan fingerprint density at radius 2 is 1.67 bits per heavy atom. The summed E-state index contributed by atoms with van der Waals surface area (Å²) in [7, 11) is 3.95. The third-order valence-corrected chi connectivity index (χ3v) is 3.67. The van der Waals surface area contributed by atoms with Crippen LogP contribution in [-0.4, -0.2) is 27.2 Å². The van der Waals surface area contributed by atoms with Crippen LogP contribution in [0.2, 0.25) is 0 Å². The van der Waals surface area contributed by atoms with Crippen LogP contribution in [0.15, 0.2) is 4.79 Å². The van der Waals surface area contributed by atoms with Crippen molar-refractivity contribution >= 4 is 23.6 Å². The van der Waals surface area contributed by atoms with Gasteiger partial charge in [-0.15, -0.1) is 0 Å². The van der Waals surface area contributed by atoms with E-state index < -0.39 is 0 Å². The van der Waals surface area contributed by atoms with Crippen LogP contribution in [0, 0.1) is 9.93 Å². The molecular formula is C14H24N2OS. The van der Waals surface area contributed by atoms with Crippen LogP contribution >= 0.6 is 12.2 Å². The summed E-state index contributed by atoms with van der Waals surface area (Å²) in [5.74, 6) is 0. The molecular weight excluding hydrogens is 244 g/mol. The molecule has 0 bridgehead atoms. The van der Waals surface area contributed by atoms with Gasteiger partial charge in [-0.1, -0.05) is 33.0 Å². The van der Waals surface area contributed by atoms with Gasteiger partial charge >= 0.3 is 0 Å². The molecule has 0 aliphatic rings. The van der Waals surface area contributed by atoms with Gasteiger partial charge in [0.2, 0.25) is 5.43 Å². The summed E-state index contributed by atoms with van der Waals surface area (Å²) in [6.45, 7) is 10.4. The predicted molar refractivity (Wildman–Crippen MR) is 82.2 cm³/mol. The maximum absolute atomic E-state index is 11.8. The smallest absolute Gasteiger partial charge is 0.224 e. The van der Waals surface area contributed by atoms with E-state index in [1.54, 1.807) is 0 Å². The van der Waals surface area contributed by atoms with E-state index in [1.807, 2.05) is 25.9 Å². The normalized spacial score (nSPS) is 11.9. The van der Waals surface area contributed by atoms with Crippen LogP contribution in [-0.2, 0) is 0 Å². The standard InChI is InChI=1S/C14H24N2OS/c1-7-15(5)10-11(13(18)12(10)17)16(6)9-8-14(2,3)4/h7-9H2,1-6H3. The molecule has 3 nitrogen and oxygen atoms in total. The Hall–Kier alpha value is -0.900. The fourth-order valence-corrected chi connectivity index (χ4v) is 2.20. The van der Waals surface area contributed by atoms with E-state index in [1.165, 1.54) is 0 Å². The molecule has 4 heteroatoms. The molecule has 0 saturated carbocycles. The number of nitrogens with zero attached hydrogens (tertiary/aromatic N) is 2. The highest BCUT2D eigenvalue weighted by atomic mass is 32.1. The van der Waals surface area contributed by atoms with Crippen LogP contribution in [0.4, 0.5) is 11.4 Å². The van der Waals surface area contributed by atoms with Crippen molar-refractivity contribution in [3.8, 4) is 0 Å². The third kappa shape index (κ3) is 3.10. The molecule has 0 N–H and O–H groups in total. The highest BCUT2D eigenvalue weighted by molar-refractivity contribution is 7.71. The number of anilines is 2. The summed E-state index contributed by atoms with van der Waals surface area (Å²) < 4.78 is 0.488. The Labute approximate surface area is 115 Å². The minimum atomic E-state index is 0.0203. The number of rotatable bonds is 5. The molecule has 1 rings (SSSR count). The van der Waals surface area contributed by atoms with Crippen LogP contribution < -0.4 is 15.2 Å². The first-order valence-electron chi connectivity index (χ1n) is 6.44. The molecule has 1 aromatic rings. The Bertz CT molecular complexity index is 481. The lowest BCUT2D eigenvalue weighted by Gasteiger charge is -2.31. The first kappa shape index (κ1) is 15.2. The van der Waals surface area contributed by atoms with Crippen LogP contribution in [0.1, 0.15) is 34.1 Å². The second-order valence-corrected chi connectivity index (χ2v) is 6.51. The molecule has 102 valence electrons. The fourth-order valence-electron chi connectivity index (χ4n) is 1.85. The molecule has 0 spiro atoms. The molecule has 0 atom stereocenters. The van der Waals surface area contributed by atoms with E-state index in [-0.39, 0.29) is 5.43 Å². The van der Waals surface area contributed by atoms with E-state index >= 15 is 0 Å². The number of hydrogen-bond donors (Lipinski definition) is 0. The van der Waals surface area contributed by atoms with E-state index in [9.17, 15) is 4.79 Å². The van der Waals surface area contributed by atoms with Crippen molar-refractivity contribution in [2.75, 3.05) is 37.0 Å². The Balaban J connectivity index is 2.87. The highest BCUT2D eigenvalue weighted by Crippen LogP contribution is 2.30. The van der Waals surface area contributed by atoms with Gasteiger partial charge in [0.05, 0.1) is 5.69 Å². The molecule has 0 aromatic heterocycles. The van der Waals surface area contributed by atoms with Gasteiger partial charge in [0.1, 0.15) is 10.2 Å². The summed E-state index contributed by atoms with van der Waals surface area (Å²) in [5.41, 5.74) is 2.04.